The molecule has 0 saturated carbocycles. The molecule has 0 aliphatic carbocycles. The van der Waals surface area contributed by atoms with Crippen LogP contribution in [-0.4, -0.2) is 49.5 Å². The van der Waals surface area contributed by atoms with Gasteiger partial charge in [0.15, 0.2) is 5.96 Å². The van der Waals surface area contributed by atoms with Gasteiger partial charge in [0.05, 0.1) is 0 Å². The van der Waals surface area contributed by atoms with Gasteiger partial charge in [0, 0.05) is 38.6 Å². The summed E-state index contributed by atoms with van der Waals surface area (Å²) in [5.41, 5.74) is 1.35. The fraction of sp³-hybridized carbons (Fsp3) is 0.520. The topological polar surface area (TPSA) is 56.7 Å². The first-order valence-corrected chi connectivity index (χ1v) is 11.4. The Morgan fingerprint density at radius 2 is 1.80 bits per heavy atom. The number of carbonyl (C=O) groups excluding carboxylic acids is 1. The van der Waals surface area contributed by atoms with Crippen LogP contribution in [-0.2, 0) is 11.2 Å². The third-order valence-electron chi connectivity index (χ3n) is 6.27. The van der Waals surface area contributed by atoms with Crippen molar-refractivity contribution in [3.8, 4) is 0 Å². The van der Waals surface area contributed by atoms with Crippen molar-refractivity contribution in [2.45, 2.75) is 52.0 Å². The van der Waals surface area contributed by atoms with Crippen LogP contribution < -0.4 is 10.6 Å². The van der Waals surface area contributed by atoms with E-state index in [1.54, 1.807) is 0 Å². The predicted octanol–water partition coefficient (Wildman–Crippen LogP) is 3.97. The average molecular weight is 409 g/mol. The largest absolute Gasteiger partial charge is 0.356 e. The van der Waals surface area contributed by atoms with Gasteiger partial charge in [-0.3, -0.25) is 9.79 Å². The predicted molar refractivity (Wildman–Crippen MR) is 126 cm³/mol. The Labute approximate surface area is 180 Å². The number of piperidine rings is 1. The molecule has 0 radical (unpaired) electrons. The van der Waals surface area contributed by atoms with Crippen molar-refractivity contribution < 1.29 is 4.79 Å². The highest BCUT2D eigenvalue weighted by Crippen LogP contribution is 2.19. The van der Waals surface area contributed by atoms with Crippen LogP contribution in [0.4, 0.5) is 0 Å². The zero-order valence-electron chi connectivity index (χ0n) is 18.7. The smallest absolute Gasteiger partial charge is 0.225 e. The number of hydrogen-bond donors (Lipinski definition) is 2. The summed E-state index contributed by atoms with van der Waals surface area (Å²) in [4.78, 5) is 19.0. The summed E-state index contributed by atoms with van der Waals surface area (Å²) < 4.78 is 0. The quantitative estimate of drug-likeness (QED) is 0.538. The molecule has 2 aromatic carbocycles. The van der Waals surface area contributed by atoms with Crippen LogP contribution in [0.1, 0.15) is 45.1 Å². The van der Waals surface area contributed by atoms with E-state index >= 15 is 0 Å². The number of carbonyl (C=O) groups is 1. The number of amides is 1. The minimum atomic E-state index is 0.179. The summed E-state index contributed by atoms with van der Waals surface area (Å²) in [5, 5.41) is 9.61. The first-order chi connectivity index (χ1) is 14.7. The number of rotatable bonds is 7. The monoisotopic (exact) mass is 408 g/mol. The number of guanidine groups is 1. The number of nitrogens with one attached hydrogen (secondary N) is 2. The molecule has 1 aliphatic heterocycles. The van der Waals surface area contributed by atoms with E-state index in [1.165, 1.54) is 16.3 Å². The van der Waals surface area contributed by atoms with Crippen molar-refractivity contribution in [3.05, 3.63) is 48.0 Å². The van der Waals surface area contributed by atoms with Gasteiger partial charge in [0.1, 0.15) is 0 Å². The summed E-state index contributed by atoms with van der Waals surface area (Å²) in [6, 6.07) is 15.4. The molecule has 1 aliphatic rings. The van der Waals surface area contributed by atoms with Crippen LogP contribution in [0.5, 0.6) is 0 Å². The minimum absolute atomic E-state index is 0.179. The first-order valence-electron chi connectivity index (χ1n) is 11.4. The Bertz CT molecular complexity index is 846. The van der Waals surface area contributed by atoms with E-state index in [0.717, 1.165) is 57.7 Å². The van der Waals surface area contributed by atoms with Gasteiger partial charge >= 0.3 is 0 Å². The van der Waals surface area contributed by atoms with Crippen LogP contribution in [0.3, 0.4) is 0 Å². The lowest BCUT2D eigenvalue weighted by atomic mass is 9.98. The summed E-state index contributed by atoms with van der Waals surface area (Å²) in [7, 11) is 1.82. The lowest BCUT2D eigenvalue weighted by molar-refractivity contribution is -0.136. The molecule has 3 rings (SSSR count). The Morgan fingerprint density at radius 3 is 2.50 bits per heavy atom. The minimum Gasteiger partial charge on any atom is -0.356 e. The van der Waals surface area contributed by atoms with Crippen LogP contribution in [0.2, 0.25) is 0 Å². The molecule has 0 atom stereocenters. The maximum atomic E-state index is 12.6. The van der Waals surface area contributed by atoms with E-state index in [2.05, 4.69) is 71.9 Å². The zero-order chi connectivity index (χ0) is 21.3. The molecule has 1 saturated heterocycles. The standard InChI is InChI=1S/C25H36N4O/c1-4-19(5-2)24(30)29-17-14-22(15-18-29)28-25(26-3)27-16-13-21-11-8-10-20-9-6-7-12-23(20)21/h6-12,19,22H,4-5,13-18H2,1-3H3,(H2,26,27,28). The Morgan fingerprint density at radius 1 is 1.10 bits per heavy atom. The van der Waals surface area contributed by atoms with E-state index in [-0.39, 0.29) is 5.92 Å². The van der Waals surface area contributed by atoms with Crippen molar-refractivity contribution >= 4 is 22.6 Å². The zero-order valence-corrected chi connectivity index (χ0v) is 18.7. The maximum absolute atomic E-state index is 12.6. The molecule has 1 amide bonds. The van der Waals surface area contributed by atoms with E-state index in [1.807, 2.05) is 11.9 Å². The highest BCUT2D eigenvalue weighted by molar-refractivity contribution is 5.86. The van der Waals surface area contributed by atoms with Crippen molar-refractivity contribution in [3.63, 3.8) is 0 Å². The Balaban J connectivity index is 1.46. The van der Waals surface area contributed by atoms with E-state index in [9.17, 15) is 4.79 Å². The average Bonchev–Trinajstić information content (AvgIpc) is 2.79. The van der Waals surface area contributed by atoms with Gasteiger partial charge in [-0.2, -0.15) is 0 Å². The molecule has 5 nitrogen and oxygen atoms in total. The van der Waals surface area contributed by atoms with Crippen molar-refractivity contribution in [2.75, 3.05) is 26.7 Å². The molecule has 0 aromatic heterocycles. The summed E-state index contributed by atoms with van der Waals surface area (Å²) >= 11 is 0. The molecule has 1 heterocycles. The third kappa shape index (κ3) is 5.53. The van der Waals surface area contributed by atoms with Gasteiger partial charge in [-0.05, 0) is 48.4 Å². The van der Waals surface area contributed by atoms with Gasteiger partial charge in [-0.1, -0.05) is 56.3 Å². The van der Waals surface area contributed by atoms with Gasteiger partial charge < -0.3 is 15.5 Å². The normalized spacial score (nSPS) is 15.6. The molecule has 30 heavy (non-hydrogen) atoms. The van der Waals surface area contributed by atoms with Gasteiger partial charge in [-0.15, -0.1) is 0 Å². The number of likely N-dealkylation sites (tertiary alicyclic amines) is 1. The lowest BCUT2D eigenvalue weighted by Crippen LogP contribution is -2.50. The molecular formula is C25H36N4O. The molecule has 5 heteroatoms. The first kappa shape index (κ1) is 22.1. The second kappa shape index (κ2) is 11.0. The molecule has 0 bridgehead atoms. The Hall–Kier alpha value is -2.56. The SMILES string of the molecule is CCC(CC)C(=O)N1CCC(NC(=NC)NCCc2cccc3ccccc23)CC1. The highest BCUT2D eigenvalue weighted by atomic mass is 16.2. The summed E-state index contributed by atoms with van der Waals surface area (Å²) in [6.45, 7) is 6.71. The molecule has 1 fully saturated rings. The van der Waals surface area contributed by atoms with E-state index < -0.39 is 0 Å². The number of hydrogen-bond acceptors (Lipinski definition) is 2. The molecular weight excluding hydrogens is 372 g/mol. The van der Waals surface area contributed by atoms with Crippen LogP contribution in [0.15, 0.2) is 47.5 Å². The van der Waals surface area contributed by atoms with Crippen molar-refractivity contribution in [2.24, 2.45) is 10.9 Å². The van der Waals surface area contributed by atoms with Crippen LogP contribution in [0.25, 0.3) is 10.8 Å². The van der Waals surface area contributed by atoms with Gasteiger partial charge in [0.25, 0.3) is 0 Å². The fourth-order valence-electron chi connectivity index (χ4n) is 4.35. The second-order valence-electron chi connectivity index (χ2n) is 8.14. The number of aliphatic imine (C=N–C) groups is 1. The summed E-state index contributed by atoms with van der Waals surface area (Å²) in [5.74, 6) is 1.36. The number of nitrogens with zero attached hydrogens (tertiary/aromatic N) is 2. The molecule has 2 N–H and O–H groups in total. The molecule has 162 valence electrons. The van der Waals surface area contributed by atoms with E-state index in [0.29, 0.717) is 11.9 Å². The second-order valence-corrected chi connectivity index (χ2v) is 8.14. The third-order valence-corrected chi connectivity index (χ3v) is 6.27. The number of benzene rings is 2. The lowest BCUT2D eigenvalue weighted by Gasteiger charge is -2.34. The highest BCUT2D eigenvalue weighted by Gasteiger charge is 2.26. The fourth-order valence-corrected chi connectivity index (χ4v) is 4.35. The number of fused-ring (bicyclic) bond motifs is 1. The van der Waals surface area contributed by atoms with Crippen LogP contribution in [0, 0.1) is 5.92 Å². The van der Waals surface area contributed by atoms with Gasteiger partial charge in [0.2, 0.25) is 5.91 Å². The summed E-state index contributed by atoms with van der Waals surface area (Å²) in [6.07, 6.45) is 4.75. The maximum Gasteiger partial charge on any atom is 0.225 e. The van der Waals surface area contributed by atoms with E-state index in [4.69, 9.17) is 0 Å². The Kier molecular flexibility index (Phi) is 8.12. The van der Waals surface area contributed by atoms with Gasteiger partial charge in [-0.25, -0.2) is 0 Å². The van der Waals surface area contributed by atoms with Crippen molar-refractivity contribution in [1.82, 2.24) is 15.5 Å². The molecule has 0 spiro atoms. The van der Waals surface area contributed by atoms with Crippen molar-refractivity contribution in [1.29, 1.82) is 0 Å². The molecule has 2 aromatic rings. The van der Waals surface area contributed by atoms with Crippen LogP contribution >= 0.6 is 0 Å². The molecule has 0 unspecified atom stereocenters.